The molecular formula is C16H34N2O5S3. The summed E-state index contributed by atoms with van der Waals surface area (Å²) in [6.07, 6.45) is 5.00. The minimum Gasteiger partial charge on any atom is -0.465 e. The molecule has 0 aliphatic rings. The third-order valence-electron chi connectivity index (χ3n) is 2.97. The quantitative estimate of drug-likeness (QED) is 0.209. The van der Waals surface area contributed by atoms with Gasteiger partial charge in [-0.1, -0.05) is 26.7 Å². The summed E-state index contributed by atoms with van der Waals surface area (Å²) >= 11 is 10.8. The Balaban J connectivity index is -0.000000371. The Morgan fingerprint density at radius 1 is 0.846 bits per heavy atom. The molecule has 0 fully saturated rings. The van der Waals surface area contributed by atoms with Crippen LogP contribution in [0.2, 0.25) is 0 Å². The first kappa shape index (κ1) is 30.3. The molecule has 0 radical (unpaired) electrons. The Labute approximate surface area is 173 Å². The van der Waals surface area contributed by atoms with Crippen molar-refractivity contribution in [2.75, 3.05) is 24.7 Å². The van der Waals surface area contributed by atoms with E-state index in [4.69, 9.17) is 25.1 Å². The van der Waals surface area contributed by atoms with E-state index in [2.05, 4.69) is 37.8 Å². The highest BCUT2D eigenvalue weighted by Gasteiger charge is 2.13. The minimum absolute atomic E-state index is 0.308. The standard InChI is InChI=1S/2C8H17NO2S.OS/c2*1-2-3-5-11-8(10)7(9)4-6-12;1-2/h2*7,12H,2-6,9H2,1H3;/t2*7-;/m00./s1. The van der Waals surface area contributed by atoms with Gasteiger partial charge in [-0.3, -0.25) is 9.59 Å². The SMILES string of the molecule is CCCCOC(=O)[C@@H](N)CCS.CCCCOC(=O)[C@@H](N)CCS.O=S. The number of thiol groups is 2. The number of nitrogens with two attached hydrogens (primary N) is 2. The summed E-state index contributed by atoms with van der Waals surface area (Å²) < 4.78 is 17.6. The number of ether oxygens (including phenoxy) is 2. The van der Waals surface area contributed by atoms with E-state index in [0.29, 0.717) is 37.6 Å². The molecule has 0 saturated carbocycles. The average Bonchev–Trinajstić information content (AvgIpc) is 2.64. The first-order valence-electron chi connectivity index (χ1n) is 8.67. The molecule has 0 spiro atoms. The van der Waals surface area contributed by atoms with Crippen LogP contribution in [0.3, 0.4) is 0 Å². The van der Waals surface area contributed by atoms with E-state index in [1.807, 2.05) is 13.8 Å². The Hall–Kier alpha value is -0.420. The number of unbranched alkanes of at least 4 members (excludes halogenated alkanes) is 2. The van der Waals surface area contributed by atoms with Gasteiger partial charge in [0.2, 0.25) is 0 Å². The summed E-state index contributed by atoms with van der Waals surface area (Å²) in [6, 6.07) is -1.00. The van der Waals surface area contributed by atoms with Crippen LogP contribution < -0.4 is 11.5 Å². The molecule has 0 saturated heterocycles. The Kier molecular flexibility index (Phi) is 28.7. The van der Waals surface area contributed by atoms with E-state index >= 15 is 0 Å². The predicted octanol–water partition coefficient (Wildman–Crippen LogP) is 1.62. The molecule has 0 unspecified atom stereocenters. The zero-order valence-electron chi connectivity index (χ0n) is 15.7. The molecule has 26 heavy (non-hydrogen) atoms. The fraction of sp³-hybridized carbons (Fsp3) is 0.875. The van der Waals surface area contributed by atoms with E-state index in [0.717, 1.165) is 25.7 Å². The number of hydrogen-bond acceptors (Lipinski definition) is 10. The van der Waals surface area contributed by atoms with Crippen molar-refractivity contribution in [3.63, 3.8) is 0 Å². The van der Waals surface area contributed by atoms with Crippen molar-refractivity contribution in [1.29, 1.82) is 0 Å². The van der Waals surface area contributed by atoms with Crippen LogP contribution in [0.15, 0.2) is 0 Å². The van der Waals surface area contributed by atoms with Gasteiger partial charge in [0.25, 0.3) is 0 Å². The fourth-order valence-electron chi connectivity index (χ4n) is 1.36. The monoisotopic (exact) mass is 430 g/mol. The maximum atomic E-state index is 11.0. The van der Waals surface area contributed by atoms with Gasteiger partial charge in [-0.2, -0.15) is 29.5 Å². The summed E-state index contributed by atoms with van der Waals surface area (Å²) in [6.45, 7) is 5.05. The van der Waals surface area contributed by atoms with Crippen LogP contribution in [0, 0.1) is 0 Å². The van der Waals surface area contributed by atoms with Crippen LogP contribution in [-0.2, 0) is 31.6 Å². The lowest BCUT2D eigenvalue weighted by molar-refractivity contribution is -0.146. The van der Waals surface area contributed by atoms with Gasteiger partial charge < -0.3 is 20.9 Å². The lowest BCUT2D eigenvalue weighted by Crippen LogP contribution is -2.32. The van der Waals surface area contributed by atoms with Crippen molar-refractivity contribution in [1.82, 2.24) is 0 Å². The third kappa shape index (κ3) is 21.6. The van der Waals surface area contributed by atoms with Crippen LogP contribution in [0.1, 0.15) is 52.4 Å². The number of rotatable bonds is 12. The second-order valence-electron chi connectivity index (χ2n) is 5.28. The molecular weight excluding hydrogens is 396 g/mol. The summed E-state index contributed by atoms with van der Waals surface area (Å²) in [7, 11) is 0. The van der Waals surface area contributed by atoms with Crippen LogP contribution in [0.4, 0.5) is 0 Å². The Bertz CT molecular complexity index is 309. The van der Waals surface area contributed by atoms with Gasteiger partial charge in [0.1, 0.15) is 12.1 Å². The number of esters is 2. The van der Waals surface area contributed by atoms with Gasteiger partial charge in [-0.25, -0.2) is 0 Å². The van der Waals surface area contributed by atoms with Gasteiger partial charge in [-0.15, -0.1) is 0 Å². The highest BCUT2D eigenvalue weighted by atomic mass is 32.1. The maximum absolute atomic E-state index is 11.0. The summed E-state index contributed by atoms with van der Waals surface area (Å²) in [5.74, 6) is 0.615. The average molecular weight is 431 g/mol. The minimum atomic E-state index is -0.501. The lowest BCUT2D eigenvalue weighted by atomic mass is 10.2. The van der Waals surface area contributed by atoms with Crippen molar-refractivity contribution in [3.05, 3.63) is 0 Å². The number of carbonyl (C=O) groups excluding carboxylic acids is 2. The number of carbonyl (C=O) groups is 2. The second kappa shape index (κ2) is 24.6. The highest BCUT2D eigenvalue weighted by molar-refractivity contribution is 7.80. The van der Waals surface area contributed by atoms with Crippen molar-refractivity contribution in [3.8, 4) is 0 Å². The van der Waals surface area contributed by atoms with Crippen LogP contribution in [0.5, 0.6) is 0 Å². The van der Waals surface area contributed by atoms with Crippen molar-refractivity contribution >= 4 is 49.7 Å². The molecule has 0 rings (SSSR count). The normalized spacial score (nSPS) is 11.8. The van der Waals surface area contributed by atoms with Crippen LogP contribution in [0.25, 0.3) is 0 Å². The molecule has 0 heterocycles. The first-order valence-corrected chi connectivity index (χ1v) is 10.3. The van der Waals surface area contributed by atoms with Crippen molar-refractivity contribution < 1.29 is 23.3 Å². The summed E-state index contributed by atoms with van der Waals surface area (Å²) in [4.78, 5) is 22.1. The van der Waals surface area contributed by atoms with Gasteiger partial charge in [0.05, 0.1) is 13.2 Å². The van der Waals surface area contributed by atoms with Crippen molar-refractivity contribution in [2.24, 2.45) is 11.5 Å². The molecule has 2 atom stereocenters. The van der Waals surface area contributed by atoms with Gasteiger partial charge in [0, 0.05) is 0 Å². The summed E-state index contributed by atoms with van der Waals surface area (Å²) in [5, 5.41) is 0. The molecule has 10 heteroatoms. The van der Waals surface area contributed by atoms with E-state index < -0.39 is 12.1 Å². The Morgan fingerprint density at radius 2 is 1.15 bits per heavy atom. The Morgan fingerprint density at radius 3 is 1.38 bits per heavy atom. The maximum Gasteiger partial charge on any atom is 0.322 e. The molecule has 4 N–H and O–H groups in total. The summed E-state index contributed by atoms with van der Waals surface area (Å²) in [5.41, 5.74) is 11.0. The van der Waals surface area contributed by atoms with Crippen LogP contribution >= 0.6 is 25.3 Å². The molecule has 0 aromatic carbocycles. The highest BCUT2D eigenvalue weighted by Crippen LogP contribution is 1.97. The largest absolute Gasteiger partial charge is 0.465 e. The molecule has 0 bridgehead atoms. The van der Waals surface area contributed by atoms with Gasteiger partial charge in [-0.05, 0) is 37.2 Å². The molecule has 0 aromatic heterocycles. The van der Waals surface area contributed by atoms with Gasteiger partial charge >= 0.3 is 11.9 Å². The lowest BCUT2D eigenvalue weighted by Gasteiger charge is -2.09. The van der Waals surface area contributed by atoms with E-state index in [9.17, 15) is 9.59 Å². The molecule has 0 aromatic rings. The fourth-order valence-corrected chi connectivity index (χ4v) is 1.92. The predicted molar refractivity (Wildman–Crippen MR) is 113 cm³/mol. The zero-order valence-corrected chi connectivity index (χ0v) is 18.3. The molecule has 7 nitrogen and oxygen atoms in total. The zero-order chi connectivity index (χ0) is 20.8. The van der Waals surface area contributed by atoms with Gasteiger partial charge in [0.15, 0.2) is 12.5 Å². The number of hydrogen-bond donors (Lipinski definition) is 4. The van der Waals surface area contributed by atoms with E-state index in [1.54, 1.807) is 0 Å². The van der Waals surface area contributed by atoms with Crippen LogP contribution in [-0.4, -0.2) is 53.0 Å². The molecule has 156 valence electrons. The van der Waals surface area contributed by atoms with Crippen molar-refractivity contribution in [2.45, 2.75) is 64.5 Å². The third-order valence-corrected chi connectivity index (χ3v) is 3.49. The smallest absolute Gasteiger partial charge is 0.322 e. The molecule has 0 aliphatic carbocycles. The van der Waals surface area contributed by atoms with E-state index in [1.165, 1.54) is 0 Å². The first-order chi connectivity index (χ1) is 12.4. The topological polar surface area (TPSA) is 122 Å². The van der Waals surface area contributed by atoms with E-state index in [-0.39, 0.29) is 11.9 Å². The molecule has 0 amide bonds. The molecule has 0 aliphatic heterocycles. The second-order valence-corrected chi connectivity index (χ2v) is 6.17.